The van der Waals surface area contributed by atoms with Crippen LogP contribution >= 0.6 is 23.1 Å². The maximum absolute atomic E-state index is 10.2. The highest BCUT2D eigenvalue weighted by atomic mass is 32.2. The summed E-state index contributed by atoms with van der Waals surface area (Å²) >= 11 is 3.49. The smallest absolute Gasteiger partial charge is 0.0936 e. The molecule has 2 aliphatic heterocycles. The maximum atomic E-state index is 10.2. The summed E-state index contributed by atoms with van der Waals surface area (Å²) in [5, 5.41) is 20.3. The van der Waals surface area contributed by atoms with Gasteiger partial charge in [0.2, 0.25) is 0 Å². The zero-order chi connectivity index (χ0) is 18.2. The van der Waals surface area contributed by atoms with E-state index in [0.717, 1.165) is 53.6 Å². The molecular weight excluding hydrogens is 374 g/mol. The quantitative estimate of drug-likeness (QED) is 0.476. The summed E-state index contributed by atoms with van der Waals surface area (Å²) in [6, 6.07) is 14.9. The van der Waals surface area contributed by atoms with Crippen molar-refractivity contribution >= 4 is 34.5 Å². The average molecular weight is 396 g/mol. The molecule has 1 saturated heterocycles. The number of piperidine rings is 1. The van der Waals surface area contributed by atoms with Gasteiger partial charge in [0.05, 0.1) is 28.2 Å². The van der Waals surface area contributed by atoms with Crippen molar-refractivity contribution in [3.8, 4) is 11.3 Å². The fraction of sp³-hybridized carbons (Fsp3) is 0.286. The Morgan fingerprint density at radius 3 is 2.93 bits per heavy atom. The molecule has 0 spiro atoms. The number of nitrogens with zero attached hydrogens (tertiary/aromatic N) is 1. The number of fused-ring (bicyclic) bond motifs is 2. The van der Waals surface area contributed by atoms with Crippen LogP contribution < -0.4 is 10.6 Å². The van der Waals surface area contributed by atoms with Gasteiger partial charge in [-0.05, 0) is 37.2 Å². The minimum Gasteiger partial charge on any atom is -0.393 e. The van der Waals surface area contributed by atoms with Crippen molar-refractivity contribution in [2.45, 2.75) is 28.7 Å². The number of aromatic nitrogens is 1. The standard InChI is InChI=1S/C21H21N3OS2/c25-18-7-8-22-11-14(18)10-21-24-17(12-26-21)13-5-6-20-16(9-13)23-15-3-1-2-4-19(15)27-20/h1-6,9,12,14,18,22-23,25H,7-8,10-11H2. The van der Waals surface area contributed by atoms with Crippen molar-refractivity contribution in [3.63, 3.8) is 0 Å². The molecule has 0 aliphatic carbocycles. The van der Waals surface area contributed by atoms with Gasteiger partial charge in [0.25, 0.3) is 0 Å². The van der Waals surface area contributed by atoms with Crippen LogP contribution in [0.25, 0.3) is 11.3 Å². The highest BCUT2D eigenvalue weighted by Crippen LogP contribution is 2.45. The van der Waals surface area contributed by atoms with Gasteiger partial charge in [0, 0.05) is 39.6 Å². The summed E-state index contributed by atoms with van der Waals surface area (Å²) in [7, 11) is 0. The van der Waals surface area contributed by atoms with E-state index in [1.165, 1.54) is 9.79 Å². The third-order valence-electron chi connectivity index (χ3n) is 5.21. The van der Waals surface area contributed by atoms with Crippen molar-refractivity contribution in [2.24, 2.45) is 5.92 Å². The van der Waals surface area contributed by atoms with E-state index in [1.54, 1.807) is 23.1 Å². The second-order valence-corrected chi connectivity index (χ2v) is 9.11. The molecule has 2 unspecified atom stereocenters. The van der Waals surface area contributed by atoms with Gasteiger partial charge in [-0.2, -0.15) is 0 Å². The van der Waals surface area contributed by atoms with Gasteiger partial charge in [-0.1, -0.05) is 30.0 Å². The molecule has 3 N–H and O–H groups in total. The van der Waals surface area contributed by atoms with Gasteiger partial charge in [-0.25, -0.2) is 4.98 Å². The third kappa shape index (κ3) is 3.50. The molecule has 2 aliphatic rings. The average Bonchev–Trinajstić information content (AvgIpc) is 3.16. The fourth-order valence-electron chi connectivity index (χ4n) is 3.68. The van der Waals surface area contributed by atoms with Crippen LogP contribution in [0.4, 0.5) is 11.4 Å². The van der Waals surface area contributed by atoms with Crippen LogP contribution in [0.2, 0.25) is 0 Å². The summed E-state index contributed by atoms with van der Waals surface area (Å²) in [6.07, 6.45) is 1.45. The van der Waals surface area contributed by atoms with Crippen LogP contribution in [0.1, 0.15) is 11.4 Å². The Morgan fingerprint density at radius 2 is 2.00 bits per heavy atom. The highest BCUT2D eigenvalue weighted by molar-refractivity contribution is 7.99. The highest BCUT2D eigenvalue weighted by Gasteiger charge is 2.24. The first-order valence-corrected chi connectivity index (χ1v) is 11.0. The minimum atomic E-state index is -0.219. The molecule has 6 heteroatoms. The lowest BCUT2D eigenvalue weighted by molar-refractivity contribution is 0.0791. The van der Waals surface area contributed by atoms with E-state index >= 15 is 0 Å². The number of rotatable bonds is 3. The number of benzene rings is 2. The zero-order valence-electron chi connectivity index (χ0n) is 14.8. The van der Waals surface area contributed by atoms with Crippen molar-refractivity contribution in [1.82, 2.24) is 10.3 Å². The van der Waals surface area contributed by atoms with Crippen molar-refractivity contribution < 1.29 is 5.11 Å². The van der Waals surface area contributed by atoms with E-state index in [4.69, 9.17) is 4.98 Å². The monoisotopic (exact) mass is 395 g/mol. The molecule has 1 aromatic heterocycles. The molecule has 27 heavy (non-hydrogen) atoms. The molecule has 4 nitrogen and oxygen atoms in total. The minimum absolute atomic E-state index is 0.219. The molecule has 0 bridgehead atoms. The number of para-hydroxylation sites is 1. The van der Waals surface area contributed by atoms with Crippen LogP contribution in [0.15, 0.2) is 57.6 Å². The van der Waals surface area contributed by atoms with E-state index < -0.39 is 0 Å². The molecule has 3 aromatic rings. The molecule has 0 amide bonds. The van der Waals surface area contributed by atoms with Crippen LogP contribution in [0, 0.1) is 5.92 Å². The molecule has 0 radical (unpaired) electrons. The Balaban J connectivity index is 1.36. The molecule has 1 fully saturated rings. The van der Waals surface area contributed by atoms with Crippen LogP contribution in [-0.2, 0) is 6.42 Å². The molecule has 0 saturated carbocycles. The SMILES string of the molecule is OC1CCNCC1Cc1nc(-c2ccc3c(c2)Nc2ccccc2S3)cs1. The Kier molecular flexibility index (Phi) is 4.65. The summed E-state index contributed by atoms with van der Waals surface area (Å²) in [5.41, 5.74) is 4.44. The Morgan fingerprint density at radius 1 is 1.11 bits per heavy atom. The van der Waals surface area contributed by atoms with Gasteiger partial charge in [0.1, 0.15) is 0 Å². The second kappa shape index (κ2) is 7.28. The summed E-state index contributed by atoms with van der Waals surface area (Å²) in [6.45, 7) is 1.78. The number of nitrogens with one attached hydrogen (secondary N) is 2. The number of hydrogen-bond donors (Lipinski definition) is 3. The first kappa shape index (κ1) is 17.3. The van der Waals surface area contributed by atoms with E-state index in [-0.39, 0.29) is 12.0 Å². The lowest BCUT2D eigenvalue weighted by Crippen LogP contribution is -2.40. The van der Waals surface area contributed by atoms with Gasteiger partial charge in [0.15, 0.2) is 0 Å². The summed E-state index contributed by atoms with van der Waals surface area (Å²) in [4.78, 5) is 7.35. The van der Waals surface area contributed by atoms with Gasteiger partial charge < -0.3 is 15.7 Å². The van der Waals surface area contributed by atoms with Crippen molar-refractivity contribution in [2.75, 3.05) is 18.4 Å². The van der Waals surface area contributed by atoms with Gasteiger partial charge in [-0.3, -0.25) is 0 Å². The topological polar surface area (TPSA) is 57.2 Å². The lowest BCUT2D eigenvalue weighted by Gasteiger charge is -2.27. The number of thiazole rings is 1. The van der Waals surface area contributed by atoms with Gasteiger partial charge >= 0.3 is 0 Å². The van der Waals surface area contributed by atoms with Crippen LogP contribution in [-0.4, -0.2) is 29.3 Å². The molecule has 2 aromatic carbocycles. The second-order valence-electron chi connectivity index (χ2n) is 7.08. The predicted octanol–water partition coefficient (Wildman–Crippen LogP) is 4.53. The van der Waals surface area contributed by atoms with E-state index in [1.807, 2.05) is 0 Å². The Hall–Kier alpha value is -1.86. The maximum Gasteiger partial charge on any atom is 0.0936 e. The zero-order valence-corrected chi connectivity index (χ0v) is 16.4. The number of anilines is 2. The molecule has 3 heterocycles. The Bertz CT molecular complexity index is 972. The molecular formula is C21H21N3OS2. The molecule has 5 rings (SSSR count). The largest absolute Gasteiger partial charge is 0.393 e. The fourth-order valence-corrected chi connectivity index (χ4v) is 5.54. The third-order valence-corrected chi connectivity index (χ3v) is 7.23. The first-order chi connectivity index (χ1) is 13.3. The number of aliphatic hydroxyl groups excluding tert-OH is 1. The van der Waals surface area contributed by atoms with Crippen LogP contribution in [0.5, 0.6) is 0 Å². The Labute approximate surface area is 167 Å². The van der Waals surface area contributed by atoms with Crippen molar-refractivity contribution in [1.29, 1.82) is 0 Å². The van der Waals surface area contributed by atoms with E-state index in [0.29, 0.717) is 0 Å². The van der Waals surface area contributed by atoms with E-state index in [2.05, 4.69) is 58.5 Å². The van der Waals surface area contributed by atoms with Gasteiger partial charge in [-0.15, -0.1) is 11.3 Å². The molecule has 2 atom stereocenters. The number of aliphatic hydroxyl groups is 1. The van der Waals surface area contributed by atoms with Crippen LogP contribution in [0.3, 0.4) is 0 Å². The predicted molar refractivity (Wildman–Crippen MR) is 112 cm³/mol. The molecule has 138 valence electrons. The summed E-state index contributed by atoms with van der Waals surface area (Å²) in [5.74, 6) is 0.260. The van der Waals surface area contributed by atoms with Crippen molar-refractivity contribution in [3.05, 3.63) is 52.9 Å². The van der Waals surface area contributed by atoms with E-state index in [9.17, 15) is 5.11 Å². The summed E-state index contributed by atoms with van der Waals surface area (Å²) < 4.78 is 0. The number of hydrogen-bond acceptors (Lipinski definition) is 6. The normalized spacial score (nSPS) is 21.2. The lowest BCUT2D eigenvalue weighted by atomic mass is 9.93. The first-order valence-electron chi connectivity index (χ1n) is 9.28.